The van der Waals surface area contributed by atoms with Gasteiger partial charge in [-0.05, 0) is 19.1 Å². The zero-order chi connectivity index (χ0) is 17.4. The minimum absolute atomic E-state index is 0.0255. The molecular formula is C18H24N4O2. The Balaban J connectivity index is 1.98. The predicted molar refractivity (Wildman–Crippen MR) is 92.6 cm³/mol. The Bertz CT molecular complexity index is 706. The van der Waals surface area contributed by atoms with Crippen LogP contribution < -0.4 is 4.90 Å². The van der Waals surface area contributed by atoms with E-state index in [0.29, 0.717) is 18.9 Å². The number of pyridine rings is 1. The number of anilines is 1. The number of nitrogens with zero attached hydrogens (tertiary/aromatic N) is 4. The Morgan fingerprint density at radius 2 is 1.75 bits per heavy atom. The topological polar surface area (TPSA) is 82.4 Å². The highest BCUT2D eigenvalue weighted by molar-refractivity contribution is 5.54. The van der Waals surface area contributed by atoms with Gasteiger partial charge in [0, 0.05) is 41.9 Å². The molecule has 0 bridgehead atoms. The van der Waals surface area contributed by atoms with E-state index in [1.807, 2.05) is 45.0 Å². The number of aryl methyl sites for hydroxylation is 1. The van der Waals surface area contributed by atoms with Crippen molar-refractivity contribution >= 4 is 5.82 Å². The van der Waals surface area contributed by atoms with Gasteiger partial charge in [-0.15, -0.1) is 0 Å². The molecule has 0 aliphatic carbocycles. The monoisotopic (exact) mass is 328 g/mol. The fraction of sp³-hybridized carbons (Fsp3) is 0.500. The first-order valence-corrected chi connectivity index (χ1v) is 8.14. The van der Waals surface area contributed by atoms with E-state index < -0.39 is 0 Å². The van der Waals surface area contributed by atoms with Gasteiger partial charge in [0.05, 0.1) is 13.2 Å². The van der Waals surface area contributed by atoms with E-state index in [9.17, 15) is 10.2 Å². The van der Waals surface area contributed by atoms with Gasteiger partial charge < -0.3 is 15.1 Å². The van der Waals surface area contributed by atoms with Gasteiger partial charge in [0.2, 0.25) is 0 Å². The number of rotatable bonds is 4. The van der Waals surface area contributed by atoms with Crippen LogP contribution in [-0.2, 0) is 0 Å². The van der Waals surface area contributed by atoms with E-state index in [1.54, 1.807) is 6.20 Å². The first kappa shape index (κ1) is 16.8. The van der Waals surface area contributed by atoms with Crippen LogP contribution in [0.2, 0.25) is 0 Å². The highest BCUT2D eigenvalue weighted by Gasteiger charge is 2.51. The minimum atomic E-state index is -0.383. The van der Waals surface area contributed by atoms with Crippen molar-refractivity contribution in [2.24, 2.45) is 10.8 Å². The van der Waals surface area contributed by atoms with E-state index in [2.05, 4.69) is 19.9 Å². The van der Waals surface area contributed by atoms with Crippen LogP contribution in [0.3, 0.4) is 0 Å². The van der Waals surface area contributed by atoms with Crippen LogP contribution in [0.15, 0.2) is 30.5 Å². The van der Waals surface area contributed by atoms with E-state index in [4.69, 9.17) is 0 Å². The SMILES string of the molecule is Cc1cc(N2C[C@](C)(CO)[C@](C)(CO)C2)nc(-c2ccccn2)n1. The average molecular weight is 328 g/mol. The third-order valence-electron chi connectivity index (χ3n) is 5.29. The van der Waals surface area contributed by atoms with Gasteiger partial charge in [-0.3, -0.25) is 4.98 Å². The molecule has 6 nitrogen and oxygen atoms in total. The summed E-state index contributed by atoms with van der Waals surface area (Å²) in [5, 5.41) is 19.7. The number of aliphatic hydroxyl groups is 2. The summed E-state index contributed by atoms with van der Waals surface area (Å²) < 4.78 is 0. The summed E-state index contributed by atoms with van der Waals surface area (Å²) in [5.74, 6) is 1.40. The molecule has 24 heavy (non-hydrogen) atoms. The molecule has 1 aliphatic heterocycles. The summed E-state index contributed by atoms with van der Waals surface area (Å²) in [7, 11) is 0. The quantitative estimate of drug-likeness (QED) is 0.888. The lowest BCUT2D eigenvalue weighted by atomic mass is 9.69. The third kappa shape index (κ3) is 2.76. The lowest BCUT2D eigenvalue weighted by Crippen LogP contribution is -2.41. The van der Waals surface area contributed by atoms with Crippen molar-refractivity contribution in [1.29, 1.82) is 0 Å². The van der Waals surface area contributed by atoms with Crippen molar-refractivity contribution in [2.45, 2.75) is 20.8 Å². The molecular weight excluding hydrogens is 304 g/mol. The van der Waals surface area contributed by atoms with Crippen LogP contribution in [0, 0.1) is 17.8 Å². The average Bonchev–Trinajstić information content (AvgIpc) is 2.88. The maximum Gasteiger partial charge on any atom is 0.180 e. The van der Waals surface area contributed by atoms with E-state index in [1.165, 1.54) is 0 Å². The molecule has 2 N–H and O–H groups in total. The van der Waals surface area contributed by atoms with Crippen LogP contribution in [0.25, 0.3) is 11.5 Å². The molecule has 0 amide bonds. The number of hydrogen-bond acceptors (Lipinski definition) is 6. The number of aliphatic hydroxyl groups excluding tert-OH is 2. The van der Waals surface area contributed by atoms with Crippen molar-refractivity contribution in [1.82, 2.24) is 15.0 Å². The largest absolute Gasteiger partial charge is 0.396 e. The Labute approximate surface area is 142 Å². The predicted octanol–water partition coefficient (Wildman–Crippen LogP) is 1.66. The fourth-order valence-electron chi connectivity index (χ4n) is 3.25. The Kier molecular flexibility index (Phi) is 4.27. The summed E-state index contributed by atoms with van der Waals surface area (Å²) in [6.07, 6.45) is 1.72. The van der Waals surface area contributed by atoms with Gasteiger partial charge >= 0.3 is 0 Å². The zero-order valence-corrected chi connectivity index (χ0v) is 14.4. The number of hydrogen-bond donors (Lipinski definition) is 2. The van der Waals surface area contributed by atoms with Gasteiger partial charge in [0.1, 0.15) is 11.5 Å². The molecule has 6 heteroatoms. The van der Waals surface area contributed by atoms with Crippen molar-refractivity contribution < 1.29 is 10.2 Å². The highest BCUT2D eigenvalue weighted by Crippen LogP contribution is 2.46. The molecule has 0 spiro atoms. The second-order valence-corrected chi connectivity index (χ2v) is 7.20. The van der Waals surface area contributed by atoms with Gasteiger partial charge in [-0.2, -0.15) is 0 Å². The molecule has 3 rings (SSSR count). The molecule has 0 radical (unpaired) electrons. The molecule has 3 heterocycles. The maximum atomic E-state index is 9.86. The van der Waals surface area contributed by atoms with E-state index in [-0.39, 0.29) is 24.0 Å². The Morgan fingerprint density at radius 3 is 2.29 bits per heavy atom. The molecule has 0 aromatic carbocycles. The molecule has 0 unspecified atom stereocenters. The second kappa shape index (κ2) is 6.11. The zero-order valence-electron chi connectivity index (χ0n) is 14.4. The first-order valence-electron chi connectivity index (χ1n) is 8.14. The normalized spacial score (nSPS) is 26.8. The lowest BCUT2D eigenvalue weighted by Gasteiger charge is -2.36. The Morgan fingerprint density at radius 1 is 1.08 bits per heavy atom. The smallest absolute Gasteiger partial charge is 0.180 e. The third-order valence-corrected chi connectivity index (χ3v) is 5.29. The van der Waals surface area contributed by atoms with E-state index in [0.717, 1.165) is 17.2 Å². The van der Waals surface area contributed by atoms with Crippen molar-refractivity contribution in [3.63, 3.8) is 0 Å². The molecule has 2 aromatic rings. The van der Waals surface area contributed by atoms with Gasteiger partial charge in [0.15, 0.2) is 5.82 Å². The summed E-state index contributed by atoms with van der Waals surface area (Å²) in [4.78, 5) is 15.6. The molecule has 1 saturated heterocycles. The molecule has 1 fully saturated rings. The molecule has 1 aliphatic rings. The molecule has 2 atom stereocenters. The van der Waals surface area contributed by atoms with Gasteiger partial charge in [-0.25, -0.2) is 9.97 Å². The molecule has 0 saturated carbocycles. The second-order valence-electron chi connectivity index (χ2n) is 7.20. The summed E-state index contributed by atoms with van der Waals surface area (Å²) in [6.45, 7) is 7.28. The minimum Gasteiger partial charge on any atom is -0.396 e. The van der Waals surface area contributed by atoms with Crippen LogP contribution in [0.1, 0.15) is 19.5 Å². The summed E-state index contributed by atoms with van der Waals surface area (Å²) in [6, 6.07) is 7.60. The first-order chi connectivity index (χ1) is 11.4. The van der Waals surface area contributed by atoms with Crippen LogP contribution >= 0.6 is 0 Å². The van der Waals surface area contributed by atoms with E-state index >= 15 is 0 Å². The molecule has 128 valence electrons. The van der Waals surface area contributed by atoms with Crippen LogP contribution in [0.5, 0.6) is 0 Å². The van der Waals surface area contributed by atoms with Crippen LogP contribution in [0.4, 0.5) is 5.82 Å². The number of aromatic nitrogens is 3. The summed E-state index contributed by atoms with van der Waals surface area (Å²) >= 11 is 0. The highest BCUT2D eigenvalue weighted by atomic mass is 16.3. The van der Waals surface area contributed by atoms with Crippen molar-refractivity contribution in [3.05, 3.63) is 36.2 Å². The summed E-state index contributed by atoms with van der Waals surface area (Å²) in [5.41, 5.74) is 0.831. The lowest BCUT2D eigenvalue weighted by molar-refractivity contribution is 0.00976. The van der Waals surface area contributed by atoms with Crippen LogP contribution in [-0.4, -0.2) is 51.5 Å². The van der Waals surface area contributed by atoms with Gasteiger partial charge in [-0.1, -0.05) is 19.9 Å². The van der Waals surface area contributed by atoms with Crippen molar-refractivity contribution in [2.75, 3.05) is 31.2 Å². The fourth-order valence-corrected chi connectivity index (χ4v) is 3.25. The van der Waals surface area contributed by atoms with Gasteiger partial charge in [0.25, 0.3) is 0 Å². The molecule has 2 aromatic heterocycles. The Hall–Kier alpha value is -2.05. The van der Waals surface area contributed by atoms with Crippen molar-refractivity contribution in [3.8, 4) is 11.5 Å². The standard InChI is InChI=1S/C18H24N4O2/c1-13-8-15(21-16(20-13)14-6-4-5-7-19-14)22-9-17(2,11-23)18(3,10-22)12-24/h4-8,23-24H,9-12H2,1-3H3/t17-,18+. The maximum absolute atomic E-state index is 9.86.